The van der Waals surface area contributed by atoms with Crippen LogP contribution in [0.25, 0.3) is 0 Å². The number of aliphatic carboxylic acids is 3. The molecule has 0 aliphatic rings. The van der Waals surface area contributed by atoms with Crippen molar-refractivity contribution in [2.24, 2.45) is 0 Å². The van der Waals surface area contributed by atoms with Gasteiger partial charge in [-0.3, -0.25) is 24.0 Å². The number of amides is 3. The van der Waals surface area contributed by atoms with Crippen LogP contribution < -0.4 is 21.3 Å². The van der Waals surface area contributed by atoms with Crippen molar-refractivity contribution in [1.82, 2.24) is 21.3 Å². The molecule has 0 aromatic carbocycles. The van der Waals surface area contributed by atoms with Crippen LogP contribution in [-0.4, -0.2) is 136 Å². The van der Waals surface area contributed by atoms with E-state index >= 15 is 0 Å². The Morgan fingerprint density at radius 2 is 0.875 bits per heavy atom. The highest BCUT2D eigenvalue weighted by Crippen LogP contribution is 2.13. The summed E-state index contributed by atoms with van der Waals surface area (Å²) >= 11 is 0. The summed E-state index contributed by atoms with van der Waals surface area (Å²) in [7, 11) is 1.57. The van der Waals surface area contributed by atoms with Gasteiger partial charge in [-0.15, -0.1) is 0 Å². The zero-order valence-corrected chi connectivity index (χ0v) is 33.8. The lowest BCUT2D eigenvalue weighted by atomic mass is 10.0. The number of ether oxygens (including phenoxy) is 4. The molecule has 0 saturated heterocycles. The van der Waals surface area contributed by atoms with Gasteiger partial charge < -0.3 is 55.5 Å². The lowest BCUT2D eigenvalue weighted by molar-refractivity contribution is -0.142. The Morgan fingerprint density at radius 1 is 0.429 bits per heavy atom. The van der Waals surface area contributed by atoms with Crippen molar-refractivity contribution in [2.75, 3.05) is 73.0 Å². The van der Waals surface area contributed by atoms with Crippen LogP contribution in [0.15, 0.2) is 0 Å². The van der Waals surface area contributed by atoms with Crippen LogP contribution in [-0.2, 0) is 47.7 Å². The second kappa shape index (κ2) is 38.5. The molecule has 0 rings (SSSR count). The average molecular weight is 805 g/mol. The van der Waals surface area contributed by atoms with Crippen LogP contribution in [0, 0.1) is 0 Å². The fourth-order valence-electron chi connectivity index (χ4n) is 5.59. The average Bonchev–Trinajstić information content (AvgIpc) is 3.15. The van der Waals surface area contributed by atoms with Crippen molar-refractivity contribution < 1.29 is 63.0 Å². The van der Waals surface area contributed by atoms with Gasteiger partial charge in [-0.25, -0.2) is 4.79 Å². The van der Waals surface area contributed by atoms with Gasteiger partial charge in [0.05, 0.1) is 52.9 Å². The van der Waals surface area contributed by atoms with Gasteiger partial charge in [0.15, 0.2) is 0 Å². The molecule has 7 N–H and O–H groups in total. The summed E-state index contributed by atoms with van der Waals surface area (Å²) in [6.45, 7) is 3.37. The standard InChI is InChI=1S/C39H72N4O13/c1-40-32(38(49)50)16-14-15-22-41-35(45)20-19-33(39(51)52)43-36(46)21-24-53-26-28-55-30-31-56-29-27-54-25-23-42-34(44)17-12-10-8-6-4-2-3-5-7-9-11-13-18-37(47)48/h32-33,40H,2-31H2,1H3,(H,41,45)(H,42,44)(H,43,46)(H,47,48)(H,49,50)(H,51,52)/t32?,33-/m0/s1. The molecule has 0 aromatic heterocycles. The summed E-state index contributed by atoms with van der Waals surface area (Å²) < 4.78 is 21.7. The van der Waals surface area contributed by atoms with Gasteiger partial charge in [0.1, 0.15) is 12.1 Å². The molecule has 0 bridgehead atoms. The number of hydrogen-bond donors (Lipinski definition) is 7. The predicted molar refractivity (Wildman–Crippen MR) is 209 cm³/mol. The van der Waals surface area contributed by atoms with Gasteiger partial charge in [-0.05, 0) is 45.6 Å². The first-order valence-corrected chi connectivity index (χ1v) is 20.5. The molecule has 2 atom stereocenters. The van der Waals surface area contributed by atoms with Crippen LogP contribution in [0.4, 0.5) is 0 Å². The van der Waals surface area contributed by atoms with Gasteiger partial charge >= 0.3 is 17.9 Å². The molecule has 17 nitrogen and oxygen atoms in total. The summed E-state index contributed by atoms with van der Waals surface area (Å²) in [4.78, 5) is 69.2. The summed E-state index contributed by atoms with van der Waals surface area (Å²) in [5, 5.41) is 37.7. The summed E-state index contributed by atoms with van der Waals surface area (Å²) in [6.07, 6.45) is 15.6. The lowest BCUT2D eigenvalue weighted by Crippen LogP contribution is -2.42. The molecule has 0 aliphatic carbocycles. The maximum atomic E-state index is 12.2. The van der Waals surface area contributed by atoms with E-state index in [0.717, 1.165) is 38.5 Å². The molecular weight excluding hydrogens is 732 g/mol. The van der Waals surface area contributed by atoms with E-state index in [9.17, 15) is 33.9 Å². The molecule has 0 radical (unpaired) electrons. The first-order chi connectivity index (χ1) is 27.1. The summed E-state index contributed by atoms with van der Waals surface area (Å²) in [5.41, 5.74) is 0. The van der Waals surface area contributed by atoms with E-state index in [-0.39, 0.29) is 50.7 Å². The number of hydrogen-bond acceptors (Lipinski definition) is 11. The Kier molecular flexibility index (Phi) is 36.2. The van der Waals surface area contributed by atoms with Crippen LogP contribution in [0.3, 0.4) is 0 Å². The predicted octanol–water partition coefficient (Wildman–Crippen LogP) is 3.41. The van der Waals surface area contributed by atoms with E-state index in [2.05, 4.69) is 21.3 Å². The Labute approximate surface area is 333 Å². The molecular formula is C39H72N4O13. The highest BCUT2D eigenvalue weighted by atomic mass is 16.6. The molecule has 56 heavy (non-hydrogen) atoms. The Balaban J connectivity index is 3.54. The van der Waals surface area contributed by atoms with Crippen LogP contribution in [0.2, 0.25) is 0 Å². The van der Waals surface area contributed by atoms with Crippen molar-refractivity contribution in [3.8, 4) is 0 Å². The van der Waals surface area contributed by atoms with Crippen LogP contribution in [0.5, 0.6) is 0 Å². The van der Waals surface area contributed by atoms with E-state index < -0.39 is 35.9 Å². The number of rotatable bonds is 42. The van der Waals surface area contributed by atoms with Crippen molar-refractivity contribution in [2.45, 2.75) is 141 Å². The summed E-state index contributed by atoms with van der Waals surface area (Å²) in [5.74, 6) is -3.68. The second-order valence-corrected chi connectivity index (χ2v) is 13.7. The van der Waals surface area contributed by atoms with E-state index in [1.807, 2.05) is 0 Å². The van der Waals surface area contributed by atoms with Crippen molar-refractivity contribution in [3.63, 3.8) is 0 Å². The first-order valence-electron chi connectivity index (χ1n) is 20.5. The van der Waals surface area contributed by atoms with Crippen molar-refractivity contribution in [1.29, 1.82) is 0 Å². The van der Waals surface area contributed by atoms with Gasteiger partial charge in [0.2, 0.25) is 17.7 Å². The minimum Gasteiger partial charge on any atom is -0.481 e. The molecule has 0 saturated carbocycles. The smallest absolute Gasteiger partial charge is 0.326 e. The van der Waals surface area contributed by atoms with Gasteiger partial charge in [0.25, 0.3) is 0 Å². The third-order valence-electron chi connectivity index (χ3n) is 8.88. The highest BCUT2D eigenvalue weighted by Gasteiger charge is 2.21. The Bertz CT molecular complexity index is 1050. The molecule has 0 aromatic rings. The fourth-order valence-corrected chi connectivity index (χ4v) is 5.59. The van der Waals surface area contributed by atoms with Gasteiger partial charge in [-0.2, -0.15) is 0 Å². The molecule has 0 spiro atoms. The number of carbonyl (C=O) groups is 6. The summed E-state index contributed by atoms with van der Waals surface area (Å²) in [6, 6.07) is -1.85. The SMILES string of the molecule is CNC(CCCCNC(=O)CC[C@H](NC(=O)CCOCCOCCOCCOCCNC(=O)CCCCCCCCCCCCCCC(=O)O)C(=O)O)C(=O)O. The molecule has 17 heteroatoms. The molecule has 1 unspecified atom stereocenters. The molecule has 0 heterocycles. The van der Waals surface area contributed by atoms with Crippen molar-refractivity contribution in [3.05, 3.63) is 0 Å². The van der Waals surface area contributed by atoms with E-state index in [1.54, 1.807) is 7.05 Å². The minimum absolute atomic E-state index is 0.0445. The Morgan fingerprint density at radius 3 is 1.38 bits per heavy atom. The number of carbonyl (C=O) groups excluding carboxylic acids is 3. The topological polar surface area (TPSA) is 248 Å². The molecule has 3 amide bonds. The largest absolute Gasteiger partial charge is 0.481 e. The van der Waals surface area contributed by atoms with Crippen LogP contribution in [0.1, 0.15) is 128 Å². The van der Waals surface area contributed by atoms with Gasteiger partial charge in [-0.1, -0.05) is 64.2 Å². The fraction of sp³-hybridized carbons (Fsp3) is 0.846. The third-order valence-corrected chi connectivity index (χ3v) is 8.88. The number of nitrogens with one attached hydrogen (secondary N) is 4. The number of unbranched alkanes of at least 4 members (excludes halogenated alkanes) is 12. The number of carboxylic acids is 3. The van der Waals surface area contributed by atoms with Crippen molar-refractivity contribution >= 4 is 35.6 Å². The molecule has 0 aliphatic heterocycles. The first kappa shape index (κ1) is 52.6. The highest BCUT2D eigenvalue weighted by molar-refractivity contribution is 5.84. The van der Waals surface area contributed by atoms with Crippen LogP contribution >= 0.6 is 0 Å². The number of likely N-dealkylation sites (N-methyl/N-ethyl adjacent to an activating group) is 1. The monoisotopic (exact) mass is 805 g/mol. The third kappa shape index (κ3) is 36.3. The van der Waals surface area contributed by atoms with E-state index in [4.69, 9.17) is 29.2 Å². The van der Waals surface area contributed by atoms with Gasteiger partial charge in [0, 0.05) is 38.8 Å². The maximum absolute atomic E-state index is 12.2. The lowest BCUT2D eigenvalue weighted by Gasteiger charge is -2.15. The second-order valence-electron chi connectivity index (χ2n) is 13.7. The molecule has 0 fully saturated rings. The molecule has 326 valence electrons. The zero-order chi connectivity index (χ0) is 41.5. The minimum atomic E-state index is -1.24. The quantitative estimate of drug-likeness (QED) is 0.0437. The normalized spacial score (nSPS) is 12.2. The zero-order valence-electron chi connectivity index (χ0n) is 33.8. The van der Waals surface area contributed by atoms with E-state index in [0.29, 0.717) is 78.4 Å². The number of carboxylic acid groups (broad SMARTS) is 3. The maximum Gasteiger partial charge on any atom is 0.326 e. The Hall–Kier alpha value is -3.38. The van der Waals surface area contributed by atoms with E-state index in [1.165, 1.54) is 38.5 Å².